The molecule has 8 aromatic rings. The predicted octanol–water partition coefficient (Wildman–Crippen LogP) is 15.1. The van der Waals surface area contributed by atoms with Gasteiger partial charge in [0.2, 0.25) is 23.5 Å². The van der Waals surface area contributed by atoms with E-state index in [2.05, 4.69) is 166 Å². The van der Waals surface area contributed by atoms with Crippen LogP contribution in [0.15, 0.2) is 86.1 Å². The average Bonchev–Trinajstić information content (AvgIpc) is 1.61. The molecular formula is C88H116N20O12S4. The van der Waals surface area contributed by atoms with Crippen LogP contribution < -0.4 is 60.8 Å². The maximum atomic E-state index is 13.2. The Hall–Kier alpha value is -9.56. The van der Waals surface area contributed by atoms with Crippen LogP contribution in [0.25, 0.3) is 0 Å². The summed E-state index contributed by atoms with van der Waals surface area (Å²) in [6.07, 6.45) is 26.1. The van der Waals surface area contributed by atoms with Crippen LogP contribution in [0.5, 0.6) is 23.5 Å². The minimum absolute atomic E-state index is 0.0922. The Morgan fingerprint density at radius 2 is 0.540 bits per heavy atom. The molecule has 12 N–H and O–H groups in total. The summed E-state index contributed by atoms with van der Waals surface area (Å²) in [5.41, 5.74) is 23.0. The van der Waals surface area contributed by atoms with Crippen LogP contribution in [-0.2, 0) is 143 Å². The van der Waals surface area contributed by atoms with Gasteiger partial charge in [-0.3, -0.25) is 0 Å². The second-order valence-corrected chi connectivity index (χ2v) is 46.1. The first-order valence-electron chi connectivity index (χ1n) is 43.5. The molecule has 0 saturated heterocycles. The molecule has 20 rings (SSSR count). The lowest BCUT2D eigenvalue weighted by Gasteiger charge is -2.30. The van der Waals surface area contributed by atoms with Crippen molar-refractivity contribution in [1.82, 2.24) is 39.1 Å². The number of nitrogens with zero attached hydrogens (tertiary/aromatic N) is 12. The van der Waals surface area contributed by atoms with E-state index in [1.165, 1.54) is 114 Å². The van der Waals surface area contributed by atoms with Gasteiger partial charge in [0, 0.05) is 44.4 Å². The largest absolute Gasteiger partial charge is 0.476 e. The Morgan fingerprint density at radius 3 is 0.742 bits per heavy atom. The number of nitrogens with one attached hydrogen (secondary N) is 4. The van der Waals surface area contributed by atoms with E-state index in [1.807, 2.05) is 0 Å². The van der Waals surface area contributed by atoms with Gasteiger partial charge in [-0.1, -0.05) is 107 Å². The number of anilines is 4. The molecule has 8 amide bonds. The number of aryl methyl sites for hydroxylation is 8. The number of amides is 8. The van der Waals surface area contributed by atoms with Gasteiger partial charge in [0.15, 0.2) is 39.7 Å². The first-order chi connectivity index (χ1) is 58.6. The van der Waals surface area contributed by atoms with Crippen molar-refractivity contribution in [2.75, 3.05) is 47.7 Å². The van der Waals surface area contributed by atoms with Gasteiger partial charge in [-0.05, 0) is 241 Å². The zero-order valence-corrected chi connectivity index (χ0v) is 76.2. The molecule has 4 unspecified atom stereocenters. The summed E-state index contributed by atoms with van der Waals surface area (Å²) < 4.78 is 98.2. The lowest BCUT2D eigenvalue weighted by atomic mass is 9.94. The fraction of sp³-hybridized carbons (Fsp3) is 0.545. The third-order valence-electron chi connectivity index (χ3n) is 26.3. The van der Waals surface area contributed by atoms with Crippen LogP contribution in [0, 0.1) is 21.7 Å². The molecule has 8 atom stereocenters. The van der Waals surface area contributed by atoms with Crippen LogP contribution in [-0.4, -0.2) is 107 Å². The fourth-order valence-electron chi connectivity index (χ4n) is 20.3. The van der Waals surface area contributed by atoms with Crippen LogP contribution >= 0.6 is 0 Å². The zero-order valence-electron chi connectivity index (χ0n) is 72.9. The molecular weight excluding hydrogens is 1660 g/mol. The smallest absolute Gasteiger partial charge is 0.354 e. The van der Waals surface area contributed by atoms with Gasteiger partial charge < -0.3 is 40.2 Å². The highest BCUT2D eigenvalue weighted by Gasteiger charge is 2.41. The van der Waals surface area contributed by atoms with Crippen molar-refractivity contribution in [3.05, 3.63) is 138 Å². The average molecular weight is 1770 g/mol. The Balaban J connectivity index is 0.000000117. The summed E-state index contributed by atoms with van der Waals surface area (Å²) in [4.78, 5) is 52.2. The van der Waals surface area contributed by atoms with Crippen molar-refractivity contribution in [1.29, 1.82) is 0 Å². The number of hydrogen-bond acceptors (Lipinski definition) is 16. The van der Waals surface area contributed by atoms with Crippen LogP contribution in [0.3, 0.4) is 0 Å². The number of aromatic nitrogens is 8. The standard InChI is InChI=1S/4C22H29N5O3S/c4*1-13-7-8-15-9-14-5-4-6-16(14)19(18(13)15)25-21(28)26-31(23,29)17-10-24-27-11-22(2,3)12-30-20(17)27/h4*9-10,13H,4-8,11-12H2,1-3H3,(H3,23,25,26,28,29)/t4*13-,31?/m1100/s1. The molecule has 664 valence electrons. The number of nitrogens with two attached hydrogens (primary N) is 4. The minimum Gasteiger partial charge on any atom is -0.476 e. The molecule has 0 fully saturated rings. The van der Waals surface area contributed by atoms with E-state index in [9.17, 15) is 36.0 Å². The van der Waals surface area contributed by atoms with Gasteiger partial charge in [-0.2, -0.15) is 20.4 Å². The summed E-state index contributed by atoms with van der Waals surface area (Å²) in [6.45, 7) is 29.5. The van der Waals surface area contributed by atoms with Crippen molar-refractivity contribution >= 4 is 86.5 Å². The van der Waals surface area contributed by atoms with Gasteiger partial charge in [-0.25, -0.2) is 75.3 Å². The highest BCUT2D eigenvalue weighted by atomic mass is 32.2. The maximum Gasteiger partial charge on any atom is 0.354 e. The molecule has 0 bridgehead atoms. The van der Waals surface area contributed by atoms with E-state index in [-0.39, 0.29) is 41.2 Å². The Bertz CT molecular complexity index is 5580. The minimum atomic E-state index is -3.50. The monoisotopic (exact) mass is 1770 g/mol. The number of rotatable bonds is 8. The number of fused-ring (bicyclic) bond motifs is 12. The van der Waals surface area contributed by atoms with Gasteiger partial charge in [0.05, 0.1) is 77.4 Å². The van der Waals surface area contributed by atoms with E-state index in [0.717, 1.165) is 151 Å². The molecule has 4 aliphatic heterocycles. The van der Waals surface area contributed by atoms with E-state index < -0.39 is 63.8 Å². The molecule has 124 heavy (non-hydrogen) atoms. The number of benzene rings is 4. The van der Waals surface area contributed by atoms with Crippen molar-refractivity contribution in [2.45, 2.75) is 281 Å². The summed E-state index contributed by atoms with van der Waals surface area (Å²) in [6, 6.07) is 6.46. The Morgan fingerprint density at radius 1 is 0.339 bits per heavy atom. The fourth-order valence-corrected chi connectivity index (χ4v) is 24.4. The van der Waals surface area contributed by atoms with Gasteiger partial charge in [-0.15, -0.1) is 17.5 Å². The number of ether oxygens (including phenoxy) is 4. The second kappa shape index (κ2) is 32.4. The summed E-state index contributed by atoms with van der Waals surface area (Å²) in [7, 11) is -14.0. The van der Waals surface area contributed by atoms with Crippen LogP contribution in [0.4, 0.5) is 41.9 Å². The lowest BCUT2D eigenvalue weighted by Crippen LogP contribution is -2.33. The van der Waals surface area contributed by atoms with E-state index in [4.69, 9.17) is 39.5 Å². The number of hydrogen-bond donors (Lipinski definition) is 8. The van der Waals surface area contributed by atoms with Crippen molar-refractivity contribution in [2.24, 2.45) is 59.7 Å². The van der Waals surface area contributed by atoms with E-state index in [0.29, 0.717) is 99.8 Å². The van der Waals surface area contributed by atoms with Gasteiger partial charge in [0.25, 0.3) is 0 Å². The van der Waals surface area contributed by atoms with Crippen molar-refractivity contribution in [3.63, 3.8) is 0 Å². The normalized spacial score (nSPS) is 22.6. The van der Waals surface area contributed by atoms with Crippen molar-refractivity contribution < 1.29 is 55.0 Å². The highest BCUT2D eigenvalue weighted by molar-refractivity contribution is 7.92. The second-order valence-electron chi connectivity index (χ2n) is 39.1. The first kappa shape index (κ1) is 86.6. The quantitative estimate of drug-likeness (QED) is 0.0700. The van der Waals surface area contributed by atoms with Gasteiger partial charge in [0.1, 0.15) is 19.6 Å². The van der Waals surface area contributed by atoms with Crippen molar-refractivity contribution in [3.8, 4) is 23.5 Å². The SMILES string of the molecule is C[C@@H]1CCc2cc3c(c(NC(=O)N=S(N)(=O)c4cnn5c4OCC(C)(C)C5)c21)CCC3.C[C@@H]1CCc2cc3c(c(NC(=O)N=S(N)(=O)c4cnn5c4OCC(C)(C)C5)c21)CCC3.C[C@H]1CCc2cc3c(c(NC(=O)N=S(N)(=O)c4cnn5c4OCC(C)(C)C5)c21)CCC3.C[C@H]1CCc2cc3c(c(NC(=O)N=S(N)(=O)c4cnn5c4OCC(C)(C)C5)c21)CCC3. The number of carbonyl (C=O) groups is 4. The summed E-state index contributed by atoms with van der Waals surface area (Å²) >= 11 is 0. The molecule has 32 nitrogen and oxygen atoms in total. The predicted molar refractivity (Wildman–Crippen MR) is 475 cm³/mol. The summed E-state index contributed by atoms with van der Waals surface area (Å²) in [5.74, 6) is 2.82. The van der Waals surface area contributed by atoms with E-state index >= 15 is 0 Å². The molecule has 0 saturated carbocycles. The molecule has 4 aromatic heterocycles. The summed E-state index contributed by atoms with van der Waals surface area (Å²) in [5, 5.41) is 53.0. The third kappa shape index (κ3) is 17.0. The number of carbonyl (C=O) groups excluding carboxylic acids is 4. The molecule has 0 radical (unpaired) electrons. The van der Waals surface area contributed by atoms with Crippen LogP contribution in [0.1, 0.15) is 247 Å². The van der Waals surface area contributed by atoms with E-state index in [1.54, 1.807) is 18.7 Å². The zero-order chi connectivity index (χ0) is 87.9. The molecule has 8 aliphatic carbocycles. The topological polar surface area (TPSA) is 446 Å². The molecule has 8 heterocycles. The molecule has 36 heteroatoms. The Labute approximate surface area is 725 Å². The Kier molecular flexibility index (Phi) is 22.6. The number of urea groups is 4. The van der Waals surface area contributed by atoms with Gasteiger partial charge >= 0.3 is 24.1 Å². The highest BCUT2D eigenvalue weighted by Crippen LogP contribution is 2.50. The molecule has 0 spiro atoms. The molecule has 4 aromatic carbocycles. The maximum absolute atomic E-state index is 13.2. The van der Waals surface area contributed by atoms with Crippen LogP contribution in [0.2, 0.25) is 0 Å². The third-order valence-corrected chi connectivity index (χ3v) is 31.7. The first-order valence-corrected chi connectivity index (χ1v) is 49.8. The molecule has 12 aliphatic rings. The lowest BCUT2D eigenvalue weighted by molar-refractivity contribution is 0.0972.